The molecule has 98 valence electrons. The predicted octanol–water partition coefficient (Wildman–Crippen LogP) is 1.28. The summed E-state index contributed by atoms with van der Waals surface area (Å²) in [6.45, 7) is 3.25. The first-order chi connectivity index (χ1) is 8.60. The molecule has 1 unspecified atom stereocenters. The Morgan fingerprint density at radius 2 is 2.44 bits per heavy atom. The molecule has 1 saturated heterocycles. The van der Waals surface area contributed by atoms with Crippen molar-refractivity contribution in [3.8, 4) is 0 Å². The molecule has 0 aliphatic carbocycles. The van der Waals surface area contributed by atoms with E-state index in [0.29, 0.717) is 25.1 Å². The van der Waals surface area contributed by atoms with Crippen LogP contribution in [0.4, 0.5) is 0 Å². The summed E-state index contributed by atoms with van der Waals surface area (Å²) in [5.41, 5.74) is 0.640. The molecular formula is C12H16BrN3O2. The number of hydrogen-bond acceptors (Lipinski definition) is 2. The van der Waals surface area contributed by atoms with Crippen LogP contribution in [0.15, 0.2) is 16.7 Å². The third-order valence-corrected chi connectivity index (χ3v) is 3.47. The zero-order valence-electron chi connectivity index (χ0n) is 10.2. The fourth-order valence-corrected chi connectivity index (χ4v) is 2.51. The van der Waals surface area contributed by atoms with Crippen LogP contribution >= 0.6 is 15.9 Å². The molecule has 1 atom stereocenters. The van der Waals surface area contributed by atoms with E-state index in [1.165, 1.54) is 0 Å². The van der Waals surface area contributed by atoms with Crippen molar-refractivity contribution in [1.82, 2.24) is 15.2 Å². The number of hydrogen-bond donors (Lipinski definition) is 2. The Morgan fingerprint density at radius 3 is 3.06 bits per heavy atom. The van der Waals surface area contributed by atoms with E-state index in [9.17, 15) is 9.59 Å². The maximum absolute atomic E-state index is 12.1. The van der Waals surface area contributed by atoms with Gasteiger partial charge in [-0.05, 0) is 35.3 Å². The van der Waals surface area contributed by atoms with Gasteiger partial charge in [-0.2, -0.15) is 0 Å². The lowest BCUT2D eigenvalue weighted by Crippen LogP contribution is -2.48. The zero-order chi connectivity index (χ0) is 13.1. The van der Waals surface area contributed by atoms with Crippen LogP contribution in [0, 0.1) is 0 Å². The fraction of sp³-hybridized carbons (Fsp3) is 0.500. The highest BCUT2D eigenvalue weighted by molar-refractivity contribution is 9.10. The second kappa shape index (κ2) is 5.56. The Labute approximate surface area is 114 Å². The maximum Gasteiger partial charge on any atom is 0.268 e. The first-order valence-corrected chi connectivity index (χ1v) is 6.82. The molecule has 1 aromatic rings. The lowest BCUT2D eigenvalue weighted by Gasteiger charge is -2.23. The number of aromatic nitrogens is 1. The van der Waals surface area contributed by atoms with E-state index in [1.54, 1.807) is 6.07 Å². The van der Waals surface area contributed by atoms with E-state index >= 15 is 0 Å². The predicted molar refractivity (Wildman–Crippen MR) is 71.3 cm³/mol. The molecule has 0 bridgehead atoms. The average Bonchev–Trinajstić information content (AvgIpc) is 2.73. The third-order valence-electron chi connectivity index (χ3n) is 3.04. The van der Waals surface area contributed by atoms with Gasteiger partial charge in [0.1, 0.15) is 5.69 Å². The Hall–Kier alpha value is -1.30. The van der Waals surface area contributed by atoms with E-state index in [2.05, 4.69) is 26.6 Å². The van der Waals surface area contributed by atoms with E-state index in [1.807, 2.05) is 17.7 Å². The van der Waals surface area contributed by atoms with Crippen LogP contribution in [0.1, 0.15) is 30.3 Å². The van der Waals surface area contributed by atoms with Crippen molar-refractivity contribution in [2.45, 2.75) is 32.4 Å². The van der Waals surface area contributed by atoms with Crippen molar-refractivity contribution in [1.29, 1.82) is 0 Å². The average molecular weight is 314 g/mol. The molecule has 1 aromatic heterocycles. The second-order valence-electron chi connectivity index (χ2n) is 4.34. The normalized spacial score (nSPS) is 19.4. The van der Waals surface area contributed by atoms with Crippen LogP contribution in [-0.2, 0) is 11.3 Å². The minimum absolute atomic E-state index is 0.0224. The van der Waals surface area contributed by atoms with Gasteiger partial charge in [-0.1, -0.05) is 0 Å². The standard InChI is InChI=1S/C12H16BrN3O2/c1-2-16-7-8(13)5-10(16)12(18)15-9-3-4-11(17)14-6-9/h5,7,9H,2-4,6H2,1H3,(H,14,17)(H,15,18). The van der Waals surface area contributed by atoms with E-state index in [-0.39, 0.29) is 17.9 Å². The number of nitrogens with zero attached hydrogens (tertiary/aromatic N) is 1. The molecular weight excluding hydrogens is 298 g/mol. The van der Waals surface area contributed by atoms with E-state index in [4.69, 9.17) is 0 Å². The molecule has 0 saturated carbocycles. The highest BCUT2D eigenvalue weighted by Crippen LogP contribution is 2.15. The lowest BCUT2D eigenvalue weighted by molar-refractivity contribution is -0.122. The Bertz CT molecular complexity index is 460. The molecule has 0 aromatic carbocycles. The largest absolute Gasteiger partial charge is 0.354 e. The fourth-order valence-electron chi connectivity index (χ4n) is 2.04. The topological polar surface area (TPSA) is 63.1 Å². The van der Waals surface area contributed by atoms with Gasteiger partial charge in [0.15, 0.2) is 0 Å². The van der Waals surface area contributed by atoms with Crippen molar-refractivity contribution in [2.24, 2.45) is 0 Å². The molecule has 1 aliphatic rings. The molecule has 1 fully saturated rings. The third kappa shape index (κ3) is 2.93. The second-order valence-corrected chi connectivity index (χ2v) is 5.26. The Morgan fingerprint density at radius 1 is 1.67 bits per heavy atom. The van der Waals surface area contributed by atoms with Crippen molar-refractivity contribution in [3.63, 3.8) is 0 Å². The first kappa shape index (κ1) is 13.1. The summed E-state index contributed by atoms with van der Waals surface area (Å²) in [6, 6.07) is 1.83. The van der Waals surface area contributed by atoms with Crippen LogP contribution in [0.5, 0.6) is 0 Å². The van der Waals surface area contributed by atoms with Gasteiger partial charge in [-0.3, -0.25) is 9.59 Å². The molecule has 0 radical (unpaired) electrons. The van der Waals surface area contributed by atoms with Gasteiger partial charge in [-0.15, -0.1) is 0 Å². The number of halogens is 1. The van der Waals surface area contributed by atoms with Gasteiger partial charge >= 0.3 is 0 Å². The molecule has 1 aliphatic heterocycles. The van der Waals surface area contributed by atoms with Gasteiger partial charge in [0.05, 0.1) is 0 Å². The lowest BCUT2D eigenvalue weighted by atomic mass is 10.1. The van der Waals surface area contributed by atoms with Crippen molar-refractivity contribution >= 4 is 27.7 Å². The quantitative estimate of drug-likeness (QED) is 0.883. The van der Waals surface area contributed by atoms with Crippen molar-refractivity contribution < 1.29 is 9.59 Å². The SMILES string of the molecule is CCn1cc(Br)cc1C(=O)NC1CCC(=O)NC1. The molecule has 6 heteroatoms. The van der Waals surface area contributed by atoms with Crippen LogP contribution in [-0.4, -0.2) is 29.0 Å². The van der Waals surface area contributed by atoms with Crippen LogP contribution < -0.4 is 10.6 Å². The van der Waals surface area contributed by atoms with Gasteiger partial charge in [0.25, 0.3) is 5.91 Å². The van der Waals surface area contributed by atoms with Gasteiger partial charge in [-0.25, -0.2) is 0 Å². The Kier molecular flexibility index (Phi) is 4.06. The van der Waals surface area contributed by atoms with E-state index < -0.39 is 0 Å². The summed E-state index contributed by atoms with van der Waals surface area (Å²) >= 11 is 3.37. The van der Waals surface area contributed by atoms with Gasteiger partial charge in [0, 0.05) is 36.2 Å². The van der Waals surface area contributed by atoms with Crippen LogP contribution in [0.3, 0.4) is 0 Å². The van der Waals surface area contributed by atoms with Crippen molar-refractivity contribution in [2.75, 3.05) is 6.54 Å². The monoisotopic (exact) mass is 313 g/mol. The number of aryl methyl sites for hydroxylation is 1. The number of rotatable bonds is 3. The zero-order valence-corrected chi connectivity index (χ0v) is 11.8. The Balaban J connectivity index is 2.01. The smallest absolute Gasteiger partial charge is 0.268 e. The number of nitrogens with one attached hydrogen (secondary N) is 2. The van der Waals surface area contributed by atoms with Gasteiger partial charge < -0.3 is 15.2 Å². The van der Waals surface area contributed by atoms with Crippen molar-refractivity contribution in [3.05, 3.63) is 22.4 Å². The summed E-state index contributed by atoms with van der Waals surface area (Å²) in [6.07, 6.45) is 3.06. The summed E-state index contributed by atoms with van der Waals surface area (Å²) in [5, 5.41) is 5.70. The number of carbonyl (C=O) groups is 2. The van der Waals surface area contributed by atoms with Crippen LogP contribution in [0.2, 0.25) is 0 Å². The van der Waals surface area contributed by atoms with E-state index in [0.717, 1.165) is 11.0 Å². The molecule has 2 amide bonds. The highest BCUT2D eigenvalue weighted by Gasteiger charge is 2.21. The number of carbonyl (C=O) groups excluding carboxylic acids is 2. The minimum atomic E-state index is -0.0938. The maximum atomic E-state index is 12.1. The van der Waals surface area contributed by atoms with Gasteiger partial charge in [0.2, 0.25) is 5.91 Å². The number of amides is 2. The summed E-state index contributed by atoms with van der Waals surface area (Å²) in [5.74, 6) is -0.0381. The molecule has 18 heavy (non-hydrogen) atoms. The molecule has 2 heterocycles. The minimum Gasteiger partial charge on any atom is -0.354 e. The summed E-state index contributed by atoms with van der Waals surface area (Å²) in [4.78, 5) is 23.2. The summed E-state index contributed by atoms with van der Waals surface area (Å²) in [7, 11) is 0. The molecule has 0 spiro atoms. The molecule has 5 nitrogen and oxygen atoms in total. The molecule has 2 rings (SSSR count). The summed E-state index contributed by atoms with van der Waals surface area (Å²) < 4.78 is 2.78. The molecule has 2 N–H and O–H groups in total. The number of piperidine rings is 1. The highest BCUT2D eigenvalue weighted by atomic mass is 79.9. The first-order valence-electron chi connectivity index (χ1n) is 6.03. The van der Waals surface area contributed by atoms with Crippen LogP contribution in [0.25, 0.3) is 0 Å².